The van der Waals surface area contributed by atoms with E-state index in [1.165, 1.54) is 24.5 Å². The van der Waals surface area contributed by atoms with Gasteiger partial charge in [-0.3, -0.25) is 4.90 Å². The minimum Gasteiger partial charge on any atom is -1.00 e. The maximum Gasteiger partial charge on any atom is 0.157 e. The van der Waals surface area contributed by atoms with Crippen molar-refractivity contribution >= 4 is 11.8 Å². The van der Waals surface area contributed by atoms with Crippen molar-refractivity contribution in [1.29, 1.82) is 0 Å². The molecule has 0 aromatic carbocycles. The largest absolute Gasteiger partial charge is 1.00 e. The molecule has 1 atom stereocenters. The molecule has 1 N–H and O–H groups in total. The molecule has 13 heavy (non-hydrogen) atoms. The molecule has 0 amide bonds. The SMILES string of the molecule is CCCCSC[NH+]1C=CN(C)C1.[Cl-]. The van der Waals surface area contributed by atoms with Crippen LogP contribution < -0.4 is 17.3 Å². The summed E-state index contributed by atoms with van der Waals surface area (Å²) < 4.78 is 0. The van der Waals surface area contributed by atoms with Gasteiger partial charge in [0.2, 0.25) is 0 Å². The number of hydrogen-bond acceptors (Lipinski definition) is 2. The molecule has 0 aliphatic carbocycles. The van der Waals surface area contributed by atoms with Gasteiger partial charge in [-0.05, 0) is 12.2 Å². The van der Waals surface area contributed by atoms with Crippen molar-refractivity contribution in [3.05, 3.63) is 12.4 Å². The van der Waals surface area contributed by atoms with Gasteiger partial charge in [0.1, 0.15) is 12.1 Å². The van der Waals surface area contributed by atoms with Gasteiger partial charge in [-0.15, -0.1) is 11.8 Å². The Morgan fingerprint density at radius 2 is 2.31 bits per heavy atom. The van der Waals surface area contributed by atoms with Gasteiger partial charge in [0.25, 0.3) is 0 Å². The predicted octanol–water partition coefficient (Wildman–Crippen LogP) is -2.26. The fourth-order valence-corrected chi connectivity index (χ4v) is 2.29. The lowest BCUT2D eigenvalue weighted by Gasteiger charge is -2.11. The Morgan fingerprint density at radius 1 is 1.54 bits per heavy atom. The maximum atomic E-state index is 2.25. The van der Waals surface area contributed by atoms with Gasteiger partial charge in [0, 0.05) is 7.05 Å². The van der Waals surface area contributed by atoms with E-state index in [4.69, 9.17) is 0 Å². The van der Waals surface area contributed by atoms with Crippen molar-refractivity contribution < 1.29 is 17.3 Å². The van der Waals surface area contributed by atoms with Crippen molar-refractivity contribution in [2.24, 2.45) is 0 Å². The molecule has 1 heterocycles. The highest BCUT2D eigenvalue weighted by molar-refractivity contribution is 7.99. The molecule has 1 unspecified atom stereocenters. The van der Waals surface area contributed by atoms with Gasteiger partial charge in [0.15, 0.2) is 6.67 Å². The maximum absolute atomic E-state index is 2.25. The number of thioether (sulfide) groups is 1. The van der Waals surface area contributed by atoms with Crippen molar-refractivity contribution in [2.45, 2.75) is 19.8 Å². The van der Waals surface area contributed by atoms with Crippen LogP contribution in [0.5, 0.6) is 0 Å². The molecular formula is C9H19ClN2S. The first kappa shape index (κ1) is 13.1. The number of rotatable bonds is 5. The number of unbranched alkanes of at least 4 members (excludes halogenated alkanes) is 1. The summed E-state index contributed by atoms with van der Waals surface area (Å²) in [7, 11) is 2.13. The van der Waals surface area contributed by atoms with Crippen LogP contribution in [0.15, 0.2) is 12.4 Å². The summed E-state index contributed by atoms with van der Waals surface area (Å²) in [6.07, 6.45) is 7.09. The van der Waals surface area contributed by atoms with Crippen LogP contribution in [0, 0.1) is 0 Å². The molecule has 0 aromatic heterocycles. The molecule has 0 saturated carbocycles. The summed E-state index contributed by atoms with van der Waals surface area (Å²) in [6.45, 7) is 3.38. The Kier molecular flexibility index (Phi) is 7.62. The van der Waals surface area contributed by atoms with E-state index < -0.39 is 0 Å². The minimum absolute atomic E-state index is 0. The van der Waals surface area contributed by atoms with Crippen LogP contribution in [-0.4, -0.2) is 30.2 Å². The molecule has 0 radical (unpaired) electrons. The molecule has 0 spiro atoms. The molecule has 4 heteroatoms. The Bertz CT molecular complexity index is 153. The summed E-state index contributed by atoms with van der Waals surface area (Å²) in [4.78, 5) is 3.80. The van der Waals surface area contributed by atoms with Crippen molar-refractivity contribution in [3.8, 4) is 0 Å². The van der Waals surface area contributed by atoms with E-state index in [-0.39, 0.29) is 12.4 Å². The fraction of sp³-hybridized carbons (Fsp3) is 0.778. The third-order valence-corrected chi connectivity index (χ3v) is 3.10. The van der Waals surface area contributed by atoms with Gasteiger partial charge < -0.3 is 17.3 Å². The molecule has 1 aliphatic rings. The molecule has 0 saturated heterocycles. The van der Waals surface area contributed by atoms with E-state index in [1.807, 2.05) is 0 Å². The molecule has 78 valence electrons. The van der Waals surface area contributed by atoms with Gasteiger partial charge >= 0.3 is 0 Å². The Labute approximate surface area is 91.8 Å². The molecule has 0 fully saturated rings. The summed E-state index contributed by atoms with van der Waals surface area (Å²) in [5.74, 6) is 2.54. The summed E-state index contributed by atoms with van der Waals surface area (Å²) >= 11 is 2.06. The van der Waals surface area contributed by atoms with Gasteiger partial charge in [0.05, 0.1) is 6.20 Å². The molecule has 1 aliphatic heterocycles. The van der Waals surface area contributed by atoms with E-state index >= 15 is 0 Å². The first-order valence-corrected chi connectivity index (χ1v) is 5.79. The lowest BCUT2D eigenvalue weighted by atomic mass is 10.4. The van der Waals surface area contributed by atoms with E-state index in [1.54, 1.807) is 4.90 Å². The van der Waals surface area contributed by atoms with Crippen LogP contribution >= 0.6 is 11.8 Å². The second-order valence-electron chi connectivity index (χ2n) is 3.30. The van der Waals surface area contributed by atoms with Crippen molar-refractivity contribution in [2.75, 3.05) is 25.3 Å². The van der Waals surface area contributed by atoms with Crippen molar-refractivity contribution in [1.82, 2.24) is 4.90 Å². The monoisotopic (exact) mass is 222 g/mol. The Morgan fingerprint density at radius 3 is 2.85 bits per heavy atom. The van der Waals surface area contributed by atoms with E-state index in [0.29, 0.717) is 0 Å². The number of quaternary nitrogens is 1. The predicted molar refractivity (Wildman–Crippen MR) is 55.0 cm³/mol. The van der Waals surface area contributed by atoms with Crippen LogP contribution in [0.3, 0.4) is 0 Å². The first-order chi connectivity index (χ1) is 5.83. The first-order valence-electron chi connectivity index (χ1n) is 4.64. The second-order valence-corrected chi connectivity index (χ2v) is 4.40. The van der Waals surface area contributed by atoms with E-state index in [9.17, 15) is 0 Å². The molecule has 1 rings (SSSR count). The van der Waals surface area contributed by atoms with Crippen molar-refractivity contribution in [3.63, 3.8) is 0 Å². The van der Waals surface area contributed by atoms with Crippen LogP contribution in [0.4, 0.5) is 0 Å². The standard InChI is InChI=1S/C9H18N2S.ClH/c1-3-4-7-12-9-11-6-5-10(2)8-11;/h5-6H,3-4,7-9H2,1-2H3;1H. The van der Waals surface area contributed by atoms with Crippen LogP contribution in [0.2, 0.25) is 0 Å². The Balaban J connectivity index is 0.00000144. The van der Waals surface area contributed by atoms with E-state index in [0.717, 1.165) is 6.67 Å². The lowest BCUT2D eigenvalue weighted by Crippen LogP contribution is -3.06. The van der Waals surface area contributed by atoms with E-state index in [2.05, 4.69) is 43.0 Å². The van der Waals surface area contributed by atoms with Crippen LogP contribution in [0.25, 0.3) is 0 Å². The third-order valence-electron chi connectivity index (χ3n) is 1.95. The molecule has 2 nitrogen and oxygen atoms in total. The highest BCUT2D eigenvalue weighted by Gasteiger charge is 2.12. The van der Waals surface area contributed by atoms with Crippen LogP contribution in [-0.2, 0) is 0 Å². The number of hydrogen-bond donors (Lipinski definition) is 1. The normalized spacial score (nSPS) is 20.5. The van der Waals surface area contributed by atoms with Crippen LogP contribution in [0.1, 0.15) is 19.8 Å². The van der Waals surface area contributed by atoms with Gasteiger partial charge in [-0.1, -0.05) is 13.3 Å². The zero-order chi connectivity index (χ0) is 8.81. The highest BCUT2D eigenvalue weighted by atomic mass is 35.5. The average molecular weight is 223 g/mol. The Hall–Kier alpha value is 0.140. The third kappa shape index (κ3) is 5.45. The number of nitrogens with one attached hydrogen (secondary N) is 1. The summed E-state index contributed by atoms with van der Waals surface area (Å²) in [5.41, 5.74) is 0. The average Bonchev–Trinajstić information content (AvgIpc) is 2.45. The fourth-order valence-electron chi connectivity index (χ4n) is 1.20. The molecular weight excluding hydrogens is 204 g/mol. The number of halogens is 1. The quantitative estimate of drug-likeness (QED) is 0.526. The molecule has 0 bridgehead atoms. The number of nitrogens with zero attached hydrogens (tertiary/aromatic N) is 1. The van der Waals surface area contributed by atoms with Gasteiger partial charge in [-0.2, -0.15) is 0 Å². The smallest absolute Gasteiger partial charge is 0.157 e. The highest BCUT2D eigenvalue weighted by Crippen LogP contribution is 2.00. The summed E-state index contributed by atoms with van der Waals surface area (Å²) in [5, 5.41) is 0. The lowest BCUT2D eigenvalue weighted by molar-refractivity contribution is -0.834. The zero-order valence-corrected chi connectivity index (χ0v) is 10.00. The second kappa shape index (κ2) is 7.54. The topological polar surface area (TPSA) is 7.68 Å². The minimum atomic E-state index is 0. The van der Waals surface area contributed by atoms with Gasteiger partial charge in [-0.25, -0.2) is 0 Å². The summed E-state index contributed by atoms with van der Waals surface area (Å²) in [6, 6.07) is 0. The zero-order valence-electron chi connectivity index (χ0n) is 8.42. The molecule has 0 aromatic rings.